The minimum Gasteiger partial charge on any atom is -0.354 e. The van der Waals surface area contributed by atoms with Gasteiger partial charge in [0.1, 0.15) is 16.3 Å². The topological polar surface area (TPSA) is 134 Å². The Balaban J connectivity index is 1.24. The zero-order valence-electron chi connectivity index (χ0n) is 23.8. The summed E-state index contributed by atoms with van der Waals surface area (Å²) in [5.41, 5.74) is -0.527. The molecule has 12 nitrogen and oxygen atoms in total. The van der Waals surface area contributed by atoms with Crippen LogP contribution in [-0.4, -0.2) is 95.4 Å². The molecular weight excluding hydrogens is 564 g/mol. The number of piperidine rings is 1. The number of fused-ring (bicyclic) bond motifs is 1. The molecule has 3 aromatic heterocycles. The molecule has 5 rings (SSSR count). The smallest absolute Gasteiger partial charge is 0.263 e. The molecule has 41 heavy (non-hydrogen) atoms. The molecular formula is C27H38N8O4S2. The van der Waals surface area contributed by atoms with E-state index in [9.17, 15) is 18.0 Å². The molecule has 1 amide bonds. The fourth-order valence-corrected chi connectivity index (χ4v) is 9.05. The second-order valence-corrected chi connectivity index (χ2v) is 14.3. The van der Waals surface area contributed by atoms with Gasteiger partial charge in [0, 0.05) is 63.1 Å². The highest BCUT2D eigenvalue weighted by Crippen LogP contribution is 2.33. The van der Waals surface area contributed by atoms with Crippen molar-refractivity contribution in [2.45, 2.75) is 45.1 Å². The van der Waals surface area contributed by atoms with Crippen molar-refractivity contribution in [3.8, 4) is 0 Å². The van der Waals surface area contributed by atoms with Crippen molar-refractivity contribution < 1.29 is 13.2 Å². The summed E-state index contributed by atoms with van der Waals surface area (Å²) < 4.78 is 30.2. The van der Waals surface area contributed by atoms with E-state index < -0.39 is 15.6 Å². The molecule has 222 valence electrons. The monoisotopic (exact) mass is 602 g/mol. The Morgan fingerprint density at radius 2 is 1.76 bits per heavy atom. The van der Waals surface area contributed by atoms with Gasteiger partial charge in [0.2, 0.25) is 21.9 Å². The number of rotatable bonds is 9. The third-order valence-corrected chi connectivity index (χ3v) is 10.9. The van der Waals surface area contributed by atoms with E-state index in [-0.39, 0.29) is 35.8 Å². The lowest BCUT2D eigenvalue weighted by Crippen LogP contribution is -2.49. The van der Waals surface area contributed by atoms with Gasteiger partial charge in [0.15, 0.2) is 0 Å². The van der Waals surface area contributed by atoms with E-state index in [0.29, 0.717) is 47.1 Å². The van der Waals surface area contributed by atoms with Gasteiger partial charge in [-0.2, -0.15) is 4.31 Å². The second kappa shape index (κ2) is 12.5. The van der Waals surface area contributed by atoms with Gasteiger partial charge in [0.05, 0.1) is 11.7 Å². The van der Waals surface area contributed by atoms with Crippen LogP contribution in [0.15, 0.2) is 34.5 Å². The van der Waals surface area contributed by atoms with Gasteiger partial charge in [-0.05, 0) is 44.2 Å². The number of anilines is 1. The molecule has 2 fully saturated rings. The quantitative estimate of drug-likeness (QED) is 0.362. The molecule has 14 heteroatoms. The number of piperazine rings is 1. The molecule has 0 unspecified atom stereocenters. The standard InChI is InChI=1S/C27H38N8O4S2/c1-19-14-20(2)16-32(15-19)9-5-8-28-22(36)17-34-18-31-25-23(26(34)37)24(21(3)40-25)41(38,39)35-12-10-33(11-13-35)27-29-6-4-7-30-27/h4,6-7,18-20H,5,8-17H2,1-3H3,(H,28,36)/t19-,20+. The molecule has 2 aliphatic rings. The minimum atomic E-state index is -3.97. The SMILES string of the molecule is Cc1sc2ncn(CC(=O)NCCCN3C[C@H](C)C[C@H](C)C3)c(=O)c2c1S(=O)(=O)N1CCN(c2ncccn2)CC1. The Kier molecular flexibility index (Phi) is 9.02. The Morgan fingerprint density at radius 1 is 1.07 bits per heavy atom. The van der Waals surface area contributed by atoms with Crippen molar-refractivity contribution in [3.05, 3.63) is 40.0 Å². The number of carbonyl (C=O) groups excluding carboxylic acids is 1. The Labute approximate surface area is 244 Å². The summed E-state index contributed by atoms with van der Waals surface area (Å²) in [6.07, 6.45) is 6.72. The van der Waals surface area contributed by atoms with Crippen molar-refractivity contribution in [2.24, 2.45) is 11.8 Å². The number of likely N-dealkylation sites (tertiary alicyclic amines) is 1. The molecule has 3 aromatic rings. The number of nitrogens with zero attached hydrogens (tertiary/aromatic N) is 7. The van der Waals surface area contributed by atoms with Crippen LogP contribution < -0.4 is 15.8 Å². The molecule has 2 atom stereocenters. The van der Waals surface area contributed by atoms with Crippen molar-refractivity contribution in [2.75, 3.05) is 57.3 Å². The summed E-state index contributed by atoms with van der Waals surface area (Å²) in [6, 6.07) is 1.73. The predicted molar refractivity (Wildman–Crippen MR) is 159 cm³/mol. The van der Waals surface area contributed by atoms with Crippen molar-refractivity contribution in [1.29, 1.82) is 0 Å². The number of carbonyl (C=O) groups is 1. The summed E-state index contributed by atoms with van der Waals surface area (Å²) in [7, 11) is -3.97. The number of hydrogen-bond donors (Lipinski definition) is 1. The van der Waals surface area contributed by atoms with Crippen molar-refractivity contribution in [1.82, 2.24) is 34.0 Å². The fraction of sp³-hybridized carbons (Fsp3) is 0.593. The highest BCUT2D eigenvalue weighted by Gasteiger charge is 2.34. The van der Waals surface area contributed by atoms with Crippen molar-refractivity contribution in [3.63, 3.8) is 0 Å². The molecule has 0 radical (unpaired) electrons. The van der Waals surface area contributed by atoms with Gasteiger partial charge in [-0.25, -0.2) is 23.4 Å². The third kappa shape index (κ3) is 6.60. The number of nitrogens with one attached hydrogen (secondary N) is 1. The highest BCUT2D eigenvalue weighted by atomic mass is 32.2. The molecule has 0 aromatic carbocycles. The number of sulfonamides is 1. The summed E-state index contributed by atoms with van der Waals surface area (Å²) in [5.74, 6) is 1.63. The first-order valence-corrected chi connectivity index (χ1v) is 16.4. The molecule has 0 saturated carbocycles. The van der Waals surface area contributed by atoms with E-state index in [1.807, 2.05) is 4.90 Å². The third-order valence-electron chi connectivity index (χ3n) is 7.70. The van der Waals surface area contributed by atoms with E-state index in [1.54, 1.807) is 25.4 Å². The first-order valence-electron chi connectivity index (χ1n) is 14.1. The van der Waals surface area contributed by atoms with Crippen LogP contribution in [-0.2, 0) is 21.4 Å². The fourth-order valence-electron chi connectivity index (χ4n) is 5.96. The lowest BCUT2D eigenvalue weighted by atomic mass is 9.92. The van der Waals surface area contributed by atoms with Gasteiger partial charge >= 0.3 is 0 Å². The Bertz CT molecular complexity index is 1520. The normalized spacial score (nSPS) is 20.9. The Hall–Kier alpha value is -2.94. The van der Waals surface area contributed by atoms with Gasteiger partial charge in [-0.3, -0.25) is 14.2 Å². The van der Waals surface area contributed by atoms with E-state index in [0.717, 1.165) is 26.1 Å². The van der Waals surface area contributed by atoms with Crippen LogP contribution in [0.25, 0.3) is 10.2 Å². The molecule has 0 bridgehead atoms. The zero-order valence-corrected chi connectivity index (χ0v) is 25.5. The molecule has 1 N–H and O–H groups in total. The van der Waals surface area contributed by atoms with Gasteiger partial charge in [-0.1, -0.05) is 13.8 Å². The summed E-state index contributed by atoms with van der Waals surface area (Å²) >= 11 is 1.17. The van der Waals surface area contributed by atoms with Crippen LogP contribution in [0, 0.1) is 18.8 Å². The van der Waals surface area contributed by atoms with Crippen LogP contribution in [0.4, 0.5) is 5.95 Å². The van der Waals surface area contributed by atoms with Gasteiger partial charge < -0.3 is 15.1 Å². The van der Waals surface area contributed by atoms with Gasteiger partial charge in [0.25, 0.3) is 5.56 Å². The first kappa shape index (κ1) is 29.5. The van der Waals surface area contributed by atoms with Gasteiger partial charge in [-0.15, -0.1) is 11.3 Å². The van der Waals surface area contributed by atoms with E-state index >= 15 is 0 Å². The largest absolute Gasteiger partial charge is 0.354 e. The number of aromatic nitrogens is 4. The van der Waals surface area contributed by atoms with Crippen LogP contribution in [0.3, 0.4) is 0 Å². The van der Waals surface area contributed by atoms with Crippen LogP contribution in [0.2, 0.25) is 0 Å². The maximum atomic E-state index is 13.8. The zero-order chi connectivity index (χ0) is 29.1. The molecule has 5 heterocycles. The maximum absolute atomic E-state index is 13.8. The predicted octanol–water partition coefficient (Wildman–Crippen LogP) is 1.55. The summed E-state index contributed by atoms with van der Waals surface area (Å²) in [4.78, 5) is 44.3. The van der Waals surface area contributed by atoms with Crippen molar-refractivity contribution >= 4 is 43.4 Å². The van der Waals surface area contributed by atoms with Crippen LogP contribution in [0.1, 0.15) is 31.6 Å². The molecule has 2 saturated heterocycles. The average molecular weight is 603 g/mol. The molecule has 0 aliphatic carbocycles. The van der Waals surface area contributed by atoms with Crippen LogP contribution in [0.5, 0.6) is 0 Å². The number of thiophene rings is 1. The minimum absolute atomic E-state index is 0.0147. The lowest BCUT2D eigenvalue weighted by molar-refractivity contribution is -0.121. The molecule has 2 aliphatic heterocycles. The molecule has 0 spiro atoms. The summed E-state index contributed by atoms with van der Waals surface area (Å²) in [5, 5.41) is 2.94. The van der Waals surface area contributed by atoms with Crippen LogP contribution >= 0.6 is 11.3 Å². The average Bonchev–Trinajstić information content (AvgIpc) is 3.30. The number of amides is 1. The first-order chi connectivity index (χ1) is 19.6. The second-order valence-electron chi connectivity index (χ2n) is 11.2. The number of aryl methyl sites for hydroxylation is 1. The number of hydrogen-bond acceptors (Lipinski definition) is 10. The van der Waals surface area contributed by atoms with E-state index in [4.69, 9.17) is 0 Å². The summed E-state index contributed by atoms with van der Waals surface area (Å²) in [6.45, 7) is 11.0. The van der Waals surface area contributed by atoms with E-state index in [1.165, 1.54) is 33.0 Å². The highest BCUT2D eigenvalue weighted by molar-refractivity contribution is 7.89. The van der Waals surface area contributed by atoms with E-state index in [2.05, 4.69) is 39.0 Å². The maximum Gasteiger partial charge on any atom is 0.263 e. The Morgan fingerprint density at radius 3 is 2.44 bits per heavy atom. The lowest BCUT2D eigenvalue weighted by Gasteiger charge is -2.34.